The molecule has 0 aliphatic heterocycles. The van der Waals surface area contributed by atoms with Gasteiger partial charge in [-0.25, -0.2) is 0 Å². The number of thioether (sulfide) groups is 1. The van der Waals surface area contributed by atoms with Gasteiger partial charge in [0.15, 0.2) is 11.0 Å². The summed E-state index contributed by atoms with van der Waals surface area (Å²) in [6.07, 6.45) is 4.21. The van der Waals surface area contributed by atoms with Gasteiger partial charge in [-0.05, 0) is 37.1 Å². The van der Waals surface area contributed by atoms with Crippen molar-refractivity contribution in [2.75, 3.05) is 11.1 Å². The van der Waals surface area contributed by atoms with Crippen LogP contribution in [0, 0.1) is 15.9 Å². The average Bonchev–Trinajstić information content (AvgIpc) is 3.43. The summed E-state index contributed by atoms with van der Waals surface area (Å²) in [6, 6.07) is 10.9. The van der Waals surface area contributed by atoms with Gasteiger partial charge in [0.2, 0.25) is 11.7 Å². The van der Waals surface area contributed by atoms with E-state index in [9.17, 15) is 19.3 Å². The summed E-state index contributed by atoms with van der Waals surface area (Å²) in [5, 5.41) is 23.3. The quantitative estimate of drug-likeness (QED) is 0.275. The van der Waals surface area contributed by atoms with Gasteiger partial charge in [-0.3, -0.25) is 19.5 Å². The Hall–Kier alpha value is -2.98. The Labute approximate surface area is 192 Å². The fourth-order valence-corrected chi connectivity index (χ4v) is 4.78. The lowest BCUT2D eigenvalue weighted by Gasteiger charge is -2.17. The number of anilines is 1. The van der Waals surface area contributed by atoms with E-state index in [4.69, 9.17) is 11.6 Å². The molecule has 0 spiro atoms. The Bertz CT molecular complexity index is 1170. The fraction of sp³-hybridized carbons (Fsp3) is 0.286. The lowest BCUT2D eigenvalue weighted by molar-refractivity contribution is -0.387. The number of hydrogen-bond acceptors (Lipinski definition) is 6. The maximum atomic E-state index is 13.5. The second kappa shape index (κ2) is 9.66. The van der Waals surface area contributed by atoms with Crippen molar-refractivity contribution in [2.24, 2.45) is 0 Å². The van der Waals surface area contributed by atoms with E-state index in [0.29, 0.717) is 16.0 Å². The highest BCUT2D eigenvalue weighted by Crippen LogP contribution is 2.38. The molecule has 1 N–H and O–H groups in total. The highest BCUT2D eigenvalue weighted by atomic mass is 35.5. The molecule has 0 radical (unpaired) electrons. The molecular weight excluding hydrogens is 457 g/mol. The van der Waals surface area contributed by atoms with Crippen molar-refractivity contribution < 1.29 is 14.1 Å². The minimum absolute atomic E-state index is 0.0124. The first-order valence-corrected chi connectivity index (χ1v) is 11.4. The van der Waals surface area contributed by atoms with Crippen LogP contribution in [-0.4, -0.2) is 31.3 Å². The zero-order valence-corrected chi connectivity index (χ0v) is 18.4. The molecule has 3 aromatic rings. The number of aromatic nitrogens is 3. The van der Waals surface area contributed by atoms with Crippen LogP contribution in [0.2, 0.25) is 5.02 Å². The van der Waals surface area contributed by atoms with E-state index in [1.54, 1.807) is 6.07 Å². The van der Waals surface area contributed by atoms with Gasteiger partial charge in [0.25, 0.3) is 0 Å². The molecule has 4 rings (SSSR count). The lowest BCUT2D eigenvalue weighted by Crippen LogP contribution is -2.15. The van der Waals surface area contributed by atoms with Crippen molar-refractivity contribution >= 4 is 40.6 Å². The third kappa shape index (κ3) is 4.76. The van der Waals surface area contributed by atoms with Crippen molar-refractivity contribution in [1.82, 2.24) is 14.8 Å². The molecule has 0 unspecified atom stereocenters. The summed E-state index contributed by atoms with van der Waals surface area (Å²) in [5.41, 5.74) is 0.238. The monoisotopic (exact) mass is 475 g/mol. The van der Waals surface area contributed by atoms with Crippen LogP contribution in [0.25, 0.3) is 11.4 Å². The average molecular weight is 476 g/mol. The standard InChI is InChI=1S/C21H19ClFN5O3S/c22-16-8-4-3-7-15(16)20-25-26-21(27(20)14-5-1-2-6-14)32-12-19(29)24-13-9-10-17(23)18(11-13)28(30)31/h3-4,7-11,14H,1-2,5-6,12H2,(H,24,29). The molecular formula is C21H19ClFN5O3S. The molecule has 1 saturated carbocycles. The fourth-order valence-electron chi connectivity index (χ4n) is 3.75. The normalized spacial score (nSPS) is 13.9. The van der Waals surface area contributed by atoms with Crippen LogP contribution >= 0.6 is 23.4 Å². The molecule has 166 valence electrons. The second-order valence-corrected chi connectivity index (χ2v) is 8.70. The first-order chi connectivity index (χ1) is 15.4. The van der Waals surface area contributed by atoms with E-state index in [1.165, 1.54) is 17.8 Å². The Morgan fingerprint density at radius 1 is 1.25 bits per heavy atom. The van der Waals surface area contributed by atoms with Crippen molar-refractivity contribution in [2.45, 2.75) is 36.9 Å². The Morgan fingerprint density at radius 2 is 2.00 bits per heavy atom. The van der Waals surface area contributed by atoms with E-state index < -0.39 is 22.3 Å². The Balaban J connectivity index is 1.52. The number of rotatable bonds is 7. The molecule has 32 heavy (non-hydrogen) atoms. The summed E-state index contributed by atoms with van der Waals surface area (Å²) in [6.45, 7) is 0. The van der Waals surface area contributed by atoms with Crippen LogP contribution in [0.5, 0.6) is 0 Å². The number of halogens is 2. The molecule has 11 heteroatoms. The van der Waals surface area contributed by atoms with Crippen LogP contribution in [-0.2, 0) is 4.79 Å². The molecule has 8 nitrogen and oxygen atoms in total. The van der Waals surface area contributed by atoms with Gasteiger partial charge in [0, 0.05) is 23.4 Å². The summed E-state index contributed by atoms with van der Waals surface area (Å²) in [4.78, 5) is 22.5. The largest absolute Gasteiger partial charge is 0.325 e. The maximum absolute atomic E-state index is 13.5. The van der Waals surface area contributed by atoms with Crippen molar-refractivity contribution in [3.63, 3.8) is 0 Å². The van der Waals surface area contributed by atoms with Gasteiger partial charge in [-0.2, -0.15) is 4.39 Å². The van der Waals surface area contributed by atoms with Crippen LogP contribution in [0.3, 0.4) is 0 Å². The van der Waals surface area contributed by atoms with Gasteiger partial charge >= 0.3 is 5.69 Å². The van der Waals surface area contributed by atoms with Crippen molar-refractivity contribution in [3.8, 4) is 11.4 Å². The SMILES string of the molecule is O=C(CSc1nnc(-c2ccccc2Cl)n1C1CCCC1)Nc1ccc(F)c([N+](=O)[O-])c1. The summed E-state index contributed by atoms with van der Waals surface area (Å²) in [7, 11) is 0. The first kappa shape index (κ1) is 22.2. The number of amides is 1. The molecule has 1 aliphatic rings. The summed E-state index contributed by atoms with van der Waals surface area (Å²) in [5.74, 6) is -0.673. The zero-order chi connectivity index (χ0) is 22.7. The van der Waals surface area contributed by atoms with Gasteiger partial charge in [-0.15, -0.1) is 10.2 Å². The van der Waals surface area contributed by atoms with Gasteiger partial charge in [-0.1, -0.05) is 48.3 Å². The van der Waals surface area contributed by atoms with Gasteiger partial charge < -0.3 is 5.32 Å². The number of hydrogen-bond donors (Lipinski definition) is 1. The van der Waals surface area contributed by atoms with E-state index in [2.05, 4.69) is 20.1 Å². The number of carbonyl (C=O) groups is 1. The smallest absolute Gasteiger partial charge is 0.306 e. The van der Waals surface area contributed by atoms with Crippen LogP contribution in [0.15, 0.2) is 47.6 Å². The van der Waals surface area contributed by atoms with Crippen molar-refractivity contribution in [1.29, 1.82) is 0 Å². The molecule has 1 heterocycles. The molecule has 1 aliphatic carbocycles. The van der Waals surface area contributed by atoms with Crippen LogP contribution < -0.4 is 5.32 Å². The van der Waals surface area contributed by atoms with Gasteiger partial charge in [0.05, 0.1) is 15.7 Å². The Morgan fingerprint density at radius 3 is 2.72 bits per heavy atom. The predicted molar refractivity (Wildman–Crippen MR) is 120 cm³/mol. The minimum Gasteiger partial charge on any atom is -0.325 e. The van der Waals surface area contributed by atoms with E-state index in [0.717, 1.165) is 43.4 Å². The third-order valence-electron chi connectivity index (χ3n) is 5.23. The Kier molecular flexibility index (Phi) is 6.71. The van der Waals surface area contributed by atoms with Crippen LogP contribution in [0.1, 0.15) is 31.7 Å². The molecule has 1 amide bonds. The highest BCUT2D eigenvalue weighted by Gasteiger charge is 2.26. The molecule has 0 atom stereocenters. The highest BCUT2D eigenvalue weighted by molar-refractivity contribution is 7.99. The predicted octanol–water partition coefficient (Wildman–Crippen LogP) is 5.49. The summed E-state index contributed by atoms with van der Waals surface area (Å²) < 4.78 is 15.6. The number of nitro groups is 1. The van der Waals surface area contributed by atoms with E-state index >= 15 is 0 Å². The molecule has 2 aromatic carbocycles. The molecule has 1 aromatic heterocycles. The number of nitro benzene ring substituents is 1. The van der Waals surface area contributed by atoms with E-state index in [-0.39, 0.29) is 17.5 Å². The maximum Gasteiger partial charge on any atom is 0.306 e. The number of benzene rings is 2. The first-order valence-electron chi connectivity index (χ1n) is 10.0. The van der Waals surface area contributed by atoms with E-state index in [1.807, 2.05) is 18.2 Å². The van der Waals surface area contributed by atoms with Crippen molar-refractivity contribution in [3.05, 3.63) is 63.4 Å². The summed E-state index contributed by atoms with van der Waals surface area (Å²) >= 11 is 7.61. The molecule has 0 bridgehead atoms. The van der Waals surface area contributed by atoms with Gasteiger partial charge in [0.1, 0.15) is 0 Å². The van der Waals surface area contributed by atoms with Crippen LogP contribution in [0.4, 0.5) is 15.8 Å². The molecule has 1 fully saturated rings. The number of carbonyl (C=O) groups excluding carboxylic acids is 1. The topological polar surface area (TPSA) is 103 Å². The minimum atomic E-state index is -0.959. The number of nitrogens with one attached hydrogen (secondary N) is 1. The lowest BCUT2D eigenvalue weighted by atomic mass is 10.2. The second-order valence-electron chi connectivity index (χ2n) is 7.35. The third-order valence-corrected chi connectivity index (χ3v) is 6.50. The zero-order valence-electron chi connectivity index (χ0n) is 16.8. The number of nitrogens with zero attached hydrogens (tertiary/aromatic N) is 4. The molecule has 0 saturated heterocycles.